The van der Waals surface area contributed by atoms with Gasteiger partial charge in [-0.2, -0.15) is 5.26 Å². The summed E-state index contributed by atoms with van der Waals surface area (Å²) in [6.07, 6.45) is 2.84. The fourth-order valence-electron chi connectivity index (χ4n) is 1.56. The van der Waals surface area contributed by atoms with E-state index < -0.39 is 0 Å². The van der Waals surface area contributed by atoms with Crippen molar-refractivity contribution in [3.05, 3.63) is 24.0 Å². The SMILES string of the molecule is N#Cc1ccc(NC2CCNC2)cn1. The Hall–Kier alpha value is -1.60. The first-order chi connectivity index (χ1) is 6.88. The molecule has 4 heteroatoms. The maximum atomic E-state index is 8.57. The summed E-state index contributed by atoms with van der Waals surface area (Å²) in [7, 11) is 0. The Morgan fingerprint density at radius 3 is 3.07 bits per heavy atom. The molecule has 0 aliphatic carbocycles. The average molecular weight is 188 g/mol. The van der Waals surface area contributed by atoms with Crippen molar-refractivity contribution in [2.75, 3.05) is 18.4 Å². The summed E-state index contributed by atoms with van der Waals surface area (Å²) in [5.41, 5.74) is 1.44. The van der Waals surface area contributed by atoms with E-state index >= 15 is 0 Å². The Morgan fingerprint density at radius 2 is 2.50 bits per heavy atom. The number of aromatic nitrogens is 1. The van der Waals surface area contributed by atoms with Gasteiger partial charge in [0.05, 0.1) is 11.9 Å². The number of anilines is 1. The third-order valence-corrected chi connectivity index (χ3v) is 2.31. The lowest BCUT2D eigenvalue weighted by atomic mass is 10.2. The van der Waals surface area contributed by atoms with Crippen LogP contribution >= 0.6 is 0 Å². The third-order valence-electron chi connectivity index (χ3n) is 2.31. The summed E-state index contributed by atoms with van der Waals surface area (Å²) < 4.78 is 0. The molecule has 2 rings (SSSR count). The Bertz CT molecular complexity index is 332. The first-order valence-corrected chi connectivity index (χ1v) is 4.72. The molecule has 0 saturated carbocycles. The monoisotopic (exact) mass is 188 g/mol. The second kappa shape index (κ2) is 4.07. The molecule has 14 heavy (non-hydrogen) atoms. The Morgan fingerprint density at radius 1 is 1.57 bits per heavy atom. The number of hydrogen-bond donors (Lipinski definition) is 2. The second-order valence-electron chi connectivity index (χ2n) is 3.38. The summed E-state index contributed by atoms with van der Waals surface area (Å²) in [6, 6.07) is 6.11. The number of hydrogen-bond acceptors (Lipinski definition) is 4. The first-order valence-electron chi connectivity index (χ1n) is 4.72. The highest BCUT2D eigenvalue weighted by molar-refractivity contribution is 5.43. The van der Waals surface area contributed by atoms with Gasteiger partial charge in [0.1, 0.15) is 11.8 Å². The summed E-state index contributed by atoms with van der Waals surface area (Å²) in [5, 5.41) is 15.2. The van der Waals surface area contributed by atoms with Crippen molar-refractivity contribution >= 4 is 5.69 Å². The van der Waals surface area contributed by atoms with Gasteiger partial charge in [-0.3, -0.25) is 0 Å². The topological polar surface area (TPSA) is 60.7 Å². The van der Waals surface area contributed by atoms with E-state index in [9.17, 15) is 0 Å². The molecule has 2 heterocycles. The van der Waals surface area contributed by atoms with E-state index in [4.69, 9.17) is 5.26 Å². The first kappa shape index (κ1) is 8.97. The van der Waals surface area contributed by atoms with Crippen LogP contribution in [0.1, 0.15) is 12.1 Å². The zero-order valence-corrected chi connectivity index (χ0v) is 7.83. The largest absolute Gasteiger partial charge is 0.380 e. The maximum absolute atomic E-state index is 8.57. The van der Waals surface area contributed by atoms with Crippen LogP contribution in [0.3, 0.4) is 0 Å². The predicted octanol–water partition coefficient (Wildman–Crippen LogP) is 0.727. The molecule has 1 aliphatic heterocycles. The molecule has 0 aromatic carbocycles. The summed E-state index contributed by atoms with van der Waals surface area (Å²) >= 11 is 0. The van der Waals surface area contributed by atoms with Crippen LogP contribution in [0.4, 0.5) is 5.69 Å². The van der Waals surface area contributed by atoms with E-state index in [0.717, 1.165) is 25.2 Å². The van der Waals surface area contributed by atoms with Crippen LogP contribution < -0.4 is 10.6 Å². The molecule has 0 spiro atoms. The lowest BCUT2D eigenvalue weighted by molar-refractivity contribution is 0.792. The molecule has 1 saturated heterocycles. The number of rotatable bonds is 2. The Kier molecular flexibility index (Phi) is 2.61. The van der Waals surface area contributed by atoms with Gasteiger partial charge < -0.3 is 10.6 Å². The normalized spacial score (nSPS) is 20.4. The van der Waals surface area contributed by atoms with E-state index in [-0.39, 0.29) is 0 Å². The van der Waals surface area contributed by atoms with Gasteiger partial charge in [-0.25, -0.2) is 4.98 Å². The number of nitrogens with one attached hydrogen (secondary N) is 2. The van der Waals surface area contributed by atoms with Crippen molar-refractivity contribution in [1.82, 2.24) is 10.3 Å². The van der Waals surface area contributed by atoms with E-state index in [1.807, 2.05) is 12.1 Å². The minimum Gasteiger partial charge on any atom is -0.380 e. The highest BCUT2D eigenvalue weighted by Crippen LogP contribution is 2.10. The fraction of sp³-hybridized carbons (Fsp3) is 0.400. The molecule has 1 fully saturated rings. The van der Waals surface area contributed by atoms with Gasteiger partial charge in [-0.05, 0) is 25.1 Å². The average Bonchev–Trinajstić information content (AvgIpc) is 2.72. The van der Waals surface area contributed by atoms with Crippen LogP contribution in [-0.4, -0.2) is 24.1 Å². The molecule has 1 unspecified atom stereocenters. The van der Waals surface area contributed by atoms with Gasteiger partial charge in [0.25, 0.3) is 0 Å². The number of pyridine rings is 1. The second-order valence-corrected chi connectivity index (χ2v) is 3.38. The van der Waals surface area contributed by atoms with Crippen molar-refractivity contribution in [2.24, 2.45) is 0 Å². The quantitative estimate of drug-likeness (QED) is 0.718. The van der Waals surface area contributed by atoms with E-state index in [1.165, 1.54) is 0 Å². The molecule has 1 aromatic rings. The smallest absolute Gasteiger partial charge is 0.140 e. The summed E-state index contributed by atoms with van der Waals surface area (Å²) in [4.78, 5) is 4.00. The Labute approximate surface area is 83.0 Å². The molecule has 1 aliphatic rings. The van der Waals surface area contributed by atoms with Gasteiger partial charge in [-0.15, -0.1) is 0 Å². The highest BCUT2D eigenvalue weighted by Gasteiger charge is 2.13. The zero-order valence-electron chi connectivity index (χ0n) is 7.83. The van der Waals surface area contributed by atoms with Crippen LogP contribution in [0.25, 0.3) is 0 Å². The lowest BCUT2D eigenvalue weighted by Crippen LogP contribution is -2.22. The summed E-state index contributed by atoms with van der Waals surface area (Å²) in [5.74, 6) is 0. The van der Waals surface area contributed by atoms with Gasteiger partial charge in [-0.1, -0.05) is 0 Å². The number of nitriles is 1. The molecule has 0 amide bonds. The molecule has 0 bridgehead atoms. The molecule has 72 valence electrons. The van der Waals surface area contributed by atoms with E-state index in [1.54, 1.807) is 12.3 Å². The molecule has 1 aromatic heterocycles. The van der Waals surface area contributed by atoms with E-state index in [2.05, 4.69) is 15.6 Å². The standard InChI is InChI=1S/C10H12N4/c11-5-8-1-2-9(7-13-8)14-10-3-4-12-6-10/h1-2,7,10,12,14H,3-4,6H2. The Balaban J connectivity index is 1.99. The molecule has 4 nitrogen and oxygen atoms in total. The molecule has 1 atom stereocenters. The van der Waals surface area contributed by atoms with Crippen molar-refractivity contribution in [2.45, 2.75) is 12.5 Å². The van der Waals surface area contributed by atoms with Crippen molar-refractivity contribution in [3.63, 3.8) is 0 Å². The van der Waals surface area contributed by atoms with Crippen LogP contribution in [0.5, 0.6) is 0 Å². The van der Waals surface area contributed by atoms with Crippen molar-refractivity contribution < 1.29 is 0 Å². The van der Waals surface area contributed by atoms with Crippen molar-refractivity contribution in [3.8, 4) is 6.07 Å². The minimum absolute atomic E-state index is 0.458. The van der Waals surface area contributed by atoms with Crippen LogP contribution in [-0.2, 0) is 0 Å². The maximum Gasteiger partial charge on any atom is 0.140 e. The molecular formula is C10H12N4. The van der Waals surface area contributed by atoms with Gasteiger partial charge in [0.15, 0.2) is 0 Å². The van der Waals surface area contributed by atoms with Gasteiger partial charge in [0, 0.05) is 12.6 Å². The van der Waals surface area contributed by atoms with Crippen molar-refractivity contribution in [1.29, 1.82) is 5.26 Å². The molecule has 0 radical (unpaired) electrons. The summed E-state index contributed by atoms with van der Waals surface area (Å²) in [6.45, 7) is 2.07. The minimum atomic E-state index is 0.458. The molecule has 2 N–H and O–H groups in total. The van der Waals surface area contributed by atoms with Crippen LogP contribution in [0, 0.1) is 11.3 Å². The van der Waals surface area contributed by atoms with Gasteiger partial charge in [0.2, 0.25) is 0 Å². The fourth-order valence-corrected chi connectivity index (χ4v) is 1.56. The van der Waals surface area contributed by atoms with Gasteiger partial charge >= 0.3 is 0 Å². The predicted molar refractivity (Wildman–Crippen MR) is 53.8 cm³/mol. The lowest BCUT2D eigenvalue weighted by Gasteiger charge is -2.11. The number of nitrogens with zero attached hydrogens (tertiary/aromatic N) is 2. The third kappa shape index (κ3) is 2.01. The van der Waals surface area contributed by atoms with Crippen LogP contribution in [0.15, 0.2) is 18.3 Å². The van der Waals surface area contributed by atoms with Crippen LogP contribution in [0.2, 0.25) is 0 Å². The highest BCUT2D eigenvalue weighted by atomic mass is 15.0. The zero-order chi connectivity index (χ0) is 9.80. The molecular weight excluding hydrogens is 176 g/mol. The van der Waals surface area contributed by atoms with E-state index in [0.29, 0.717) is 11.7 Å².